The average molecular weight is 378 g/mol. The number of carbonyl (C=O) groups excluding carboxylic acids is 2. The number of nitrogens with two attached hydrogens (primary N) is 1. The standard InChI is InChI=1S/C21H18N2O3S/c22-20(24)14-27-19-13-7-5-11-17(19)23-21(25)16-10-4-6-12-18(16)26-15-8-2-1-3-9-15/h1-13H,14H2,(H2,22,24)(H,23,25). The van der Waals surface area contributed by atoms with Crippen molar-refractivity contribution < 1.29 is 14.3 Å². The summed E-state index contributed by atoms with van der Waals surface area (Å²) in [7, 11) is 0. The summed E-state index contributed by atoms with van der Waals surface area (Å²) in [6.07, 6.45) is 0. The van der Waals surface area contributed by atoms with Gasteiger partial charge in [0.05, 0.1) is 17.0 Å². The van der Waals surface area contributed by atoms with Crippen LogP contribution in [0.15, 0.2) is 83.8 Å². The van der Waals surface area contributed by atoms with Crippen LogP contribution in [0.1, 0.15) is 10.4 Å². The molecular weight excluding hydrogens is 360 g/mol. The van der Waals surface area contributed by atoms with Crippen LogP contribution in [0.2, 0.25) is 0 Å². The molecule has 27 heavy (non-hydrogen) atoms. The predicted octanol–water partition coefficient (Wildman–Crippen LogP) is 4.31. The number of benzene rings is 3. The van der Waals surface area contributed by atoms with Crippen molar-refractivity contribution >= 4 is 29.3 Å². The molecule has 0 saturated heterocycles. The first kappa shape index (κ1) is 18.5. The second-order valence-corrected chi connectivity index (χ2v) is 6.63. The van der Waals surface area contributed by atoms with Gasteiger partial charge in [0, 0.05) is 4.90 Å². The monoisotopic (exact) mass is 378 g/mol. The molecule has 0 aliphatic carbocycles. The van der Waals surface area contributed by atoms with E-state index >= 15 is 0 Å². The molecule has 136 valence electrons. The lowest BCUT2D eigenvalue weighted by Gasteiger charge is -2.13. The van der Waals surface area contributed by atoms with Gasteiger partial charge in [-0.2, -0.15) is 0 Å². The summed E-state index contributed by atoms with van der Waals surface area (Å²) in [4.78, 5) is 24.6. The molecule has 6 heteroatoms. The van der Waals surface area contributed by atoms with Crippen molar-refractivity contribution in [3.05, 3.63) is 84.4 Å². The number of hydrogen-bond acceptors (Lipinski definition) is 4. The third kappa shape index (κ3) is 5.12. The molecule has 0 unspecified atom stereocenters. The molecule has 3 N–H and O–H groups in total. The molecule has 2 amide bonds. The molecule has 0 bridgehead atoms. The maximum atomic E-state index is 12.8. The van der Waals surface area contributed by atoms with Gasteiger partial charge in [-0.05, 0) is 36.4 Å². The molecule has 0 aromatic heterocycles. The van der Waals surface area contributed by atoms with E-state index in [-0.39, 0.29) is 11.7 Å². The Morgan fingerprint density at radius 2 is 1.56 bits per heavy atom. The summed E-state index contributed by atoms with van der Waals surface area (Å²) in [6, 6.07) is 23.6. The topological polar surface area (TPSA) is 81.4 Å². The molecule has 0 aliphatic heterocycles. The fraction of sp³-hybridized carbons (Fsp3) is 0.0476. The number of thioether (sulfide) groups is 1. The molecule has 3 rings (SSSR count). The molecule has 3 aromatic rings. The Kier molecular flexibility index (Phi) is 6.12. The van der Waals surface area contributed by atoms with Crippen LogP contribution < -0.4 is 15.8 Å². The van der Waals surface area contributed by atoms with E-state index in [0.29, 0.717) is 22.7 Å². The number of anilines is 1. The highest BCUT2D eigenvalue weighted by Gasteiger charge is 2.15. The van der Waals surface area contributed by atoms with Gasteiger partial charge in [0.2, 0.25) is 5.91 Å². The maximum Gasteiger partial charge on any atom is 0.259 e. The first-order valence-corrected chi connectivity index (χ1v) is 9.25. The number of ether oxygens (including phenoxy) is 1. The molecular formula is C21H18N2O3S. The number of carbonyl (C=O) groups is 2. The van der Waals surface area contributed by atoms with Crippen LogP contribution in [0, 0.1) is 0 Å². The minimum Gasteiger partial charge on any atom is -0.457 e. The highest BCUT2D eigenvalue weighted by atomic mass is 32.2. The Hall–Kier alpha value is -3.25. The minimum absolute atomic E-state index is 0.139. The summed E-state index contributed by atoms with van der Waals surface area (Å²) >= 11 is 1.28. The van der Waals surface area contributed by atoms with Crippen molar-refractivity contribution in [1.29, 1.82) is 0 Å². The summed E-state index contributed by atoms with van der Waals surface area (Å²) in [5.74, 6) is 0.538. The van der Waals surface area contributed by atoms with Crippen LogP contribution in [-0.4, -0.2) is 17.6 Å². The molecule has 0 atom stereocenters. The van der Waals surface area contributed by atoms with E-state index in [2.05, 4.69) is 5.32 Å². The summed E-state index contributed by atoms with van der Waals surface area (Å²) in [5, 5.41) is 2.88. The van der Waals surface area contributed by atoms with Crippen LogP contribution in [0.3, 0.4) is 0 Å². The molecule has 0 spiro atoms. The van der Waals surface area contributed by atoms with E-state index in [9.17, 15) is 9.59 Å². The number of para-hydroxylation sites is 3. The molecule has 0 heterocycles. The van der Waals surface area contributed by atoms with Crippen molar-refractivity contribution in [2.45, 2.75) is 4.90 Å². The summed E-state index contributed by atoms with van der Waals surface area (Å²) < 4.78 is 5.85. The zero-order chi connectivity index (χ0) is 19.1. The number of amides is 2. The van der Waals surface area contributed by atoms with Crippen molar-refractivity contribution in [2.24, 2.45) is 5.73 Å². The fourth-order valence-electron chi connectivity index (χ4n) is 2.39. The van der Waals surface area contributed by atoms with Gasteiger partial charge in [-0.3, -0.25) is 9.59 Å². The zero-order valence-electron chi connectivity index (χ0n) is 14.4. The van der Waals surface area contributed by atoms with Gasteiger partial charge in [0.15, 0.2) is 0 Å². The summed E-state index contributed by atoms with van der Waals surface area (Å²) in [5.41, 5.74) is 6.24. The van der Waals surface area contributed by atoms with Gasteiger partial charge in [-0.15, -0.1) is 11.8 Å². The van der Waals surface area contributed by atoms with E-state index in [4.69, 9.17) is 10.5 Å². The van der Waals surface area contributed by atoms with E-state index in [0.717, 1.165) is 4.90 Å². The minimum atomic E-state index is -0.414. The zero-order valence-corrected chi connectivity index (χ0v) is 15.2. The molecule has 0 aliphatic rings. The third-order valence-electron chi connectivity index (χ3n) is 3.61. The number of primary amides is 1. The number of hydrogen-bond donors (Lipinski definition) is 2. The fourth-order valence-corrected chi connectivity index (χ4v) is 3.14. The second-order valence-electron chi connectivity index (χ2n) is 5.62. The van der Waals surface area contributed by atoms with E-state index in [1.165, 1.54) is 11.8 Å². The van der Waals surface area contributed by atoms with Gasteiger partial charge in [-0.1, -0.05) is 42.5 Å². The van der Waals surface area contributed by atoms with E-state index < -0.39 is 5.91 Å². The quantitative estimate of drug-likeness (QED) is 0.600. The molecule has 5 nitrogen and oxygen atoms in total. The van der Waals surface area contributed by atoms with Crippen LogP contribution >= 0.6 is 11.8 Å². The highest BCUT2D eigenvalue weighted by Crippen LogP contribution is 2.29. The number of nitrogens with one attached hydrogen (secondary N) is 1. The van der Waals surface area contributed by atoms with Crippen molar-refractivity contribution in [2.75, 3.05) is 11.1 Å². The van der Waals surface area contributed by atoms with Gasteiger partial charge < -0.3 is 15.8 Å². The third-order valence-corrected chi connectivity index (χ3v) is 4.70. The summed E-state index contributed by atoms with van der Waals surface area (Å²) in [6.45, 7) is 0. The van der Waals surface area contributed by atoms with Crippen LogP contribution in [0.25, 0.3) is 0 Å². The Bertz CT molecular complexity index is 945. The smallest absolute Gasteiger partial charge is 0.259 e. The lowest BCUT2D eigenvalue weighted by atomic mass is 10.1. The number of rotatable bonds is 7. The second kappa shape index (κ2) is 8.91. The SMILES string of the molecule is NC(=O)CSc1ccccc1NC(=O)c1ccccc1Oc1ccccc1. The molecule has 0 saturated carbocycles. The highest BCUT2D eigenvalue weighted by molar-refractivity contribution is 8.00. The van der Waals surface area contributed by atoms with Crippen molar-refractivity contribution in [3.8, 4) is 11.5 Å². The Morgan fingerprint density at radius 3 is 2.33 bits per heavy atom. The van der Waals surface area contributed by atoms with Crippen molar-refractivity contribution in [3.63, 3.8) is 0 Å². The van der Waals surface area contributed by atoms with Crippen LogP contribution in [0.4, 0.5) is 5.69 Å². The molecule has 0 radical (unpaired) electrons. The van der Waals surface area contributed by atoms with Crippen LogP contribution in [0.5, 0.6) is 11.5 Å². The van der Waals surface area contributed by atoms with E-state index in [1.807, 2.05) is 54.6 Å². The Morgan fingerprint density at radius 1 is 0.889 bits per heavy atom. The average Bonchev–Trinajstić information content (AvgIpc) is 2.68. The molecule has 0 fully saturated rings. The van der Waals surface area contributed by atoms with Gasteiger partial charge in [0.25, 0.3) is 5.91 Å². The van der Waals surface area contributed by atoms with Crippen molar-refractivity contribution in [1.82, 2.24) is 0 Å². The first-order valence-electron chi connectivity index (χ1n) is 8.27. The lowest BCUT2D eigenvalue weighted by molar-refractivity contribution is -0.115. The predicted molar refractivity (Wildman–Crippen MR) is 107 cm³/mol. The normalized spacial score (nSPS) is 10.2. The van der Waals surface area contributed by atoms with E-state index in [1.54, 1.807) is 24.3 Å². The largest absolute Gasteiger partial charge is 0.457 e. The molecule has 3 aromatic carbocycles. The Balaban J connectivity index is 1.80. The van der Waals surface area contributed by atoms with Gasteiger partial charge in [-0.25, -0.2) is 0 Å². The van der Waals surface area contributed by atoms with Gasteiger partial charge in [0.1, 0.15) is 11.5 Å². The maximum absolute atomic E-state index is 12.8. The van der Waals surface area contributed by atoms with Gasteiger partial charge >= 0.3 is 0 Å². The lowest BCUT2D eigenvalue weighted by Crippen LogP contribution is -2.15. The Labute approximate surface area is 161 Å². The van der Waals surface area contributed by atoms with Crippen LogP contribution in [-0.2, 0) is 4.79 Å². The first-order chi connectivity index (χ1) is 13.1.